The molecule has 2 aromatic rings. The molecule has 0 radical (unpaired) electrons. The molecule has 6 heteroatoms. The molecular formula is C24H25BrN2O3. The third-order valence-electron chi connectivity index (χ3n) is 5.09. The lowest BCUT2D eigenvalue weighted by molar-refractivity contribution is -0.117. The summed E-state index contributed by atoms with van der Waals surface area (Å²) in [7, 11) is 1.56. The molecule has 1 amide bonds. The number of rotatable bonds is 7. The maximum absolute atomic E-state index is 12.5. The van der Waals surface area contributed by atoms with Gasteiger partial charge in [0.2, 0.25) is 0 Å². The predicted molar refractivity (Wildman–Crippen MR) is 120 cm³/mol. The lowest BCUT2D eigenvalue weighted by Crippen LogP contribution is -2.36. The lowest BCUT2D eigenvalue weighted by atomic mass is 9.95. The van der Waals surface area contributed by atoms with Crippen molar-refractivity contribution in [2.75, 3.05) is 7.11 Å². The molecule has 0 heterocycles. The van der Waals surface area contributed by atoms with Crippen LogP contribution in [0.25, 0.3) is 6.08 Å². The molecule has 1 aliphatic rings. The van der Waals surface area contributed by atoms with Gasteiger partial charge >= 0.3 is 0 Å². The van der Waals surface area contributed by atoms with Crippen molar-refractivity contribution < 1.29 is 14.3 Å². The highest BCUT2D eigenvalue weighted by atomic mass is 79.9. The van der Waals surface area contributed by atoms with Gasteiger partial charge in [0.15, 0.2) is 11.5 Å². The van der Waals surface area contributed by atoms with E-state index in [1.54, 1.807) is 19.3 Å². The second-order valence-corrected chi connectivity index (χ2v) is 8.14. The molecule has 0 atom stereocenters. The van der Waals surface area contributed by atoms with Gasteiger partial charge in [-0.1, -0.05) is 49.6 Å². The van der Waals surface area contributed by atoms with Gasteiger partial charge in [-0.25, -0.2) is 0 Å². The van der Waals surface area contributed by atoms with Gasteiger partial charge in [0, 0.05) is 6.04 Å². The molecule has 1 N–H and O–H groups in total. The molecule has 0 aromatic heterocycles. The number of hydrogen-bond donors (Lipinski definition) is 1. The van der Waals surface area contributed by atoms with Crippen molar-refractivity contribution in [1.82, 2.24) is 5.32 Å². The van der Waals surface area contributed by atoms with Crippen LogP contribution in [-0.4, -0.2) is 19.1 Å². The van der Waals surface area contributed by atoms with Crippen molar-refractivity contribution in [1.29, 1.82) is 5.26 Å². The Balaban J connectivity index is 1.76. The van der Waals surface area contributed by atoms with Gasteiger partial charge in [0.1, 0.15) is 18.2 Å². The van der Waals surface area contributed by atoms with E-state index < -0.39 is 0 Å². The molecule has 1 aliphatic carbocycles. The number of ether oxygens (including phenoxy) is 2. The van der Waals surface area contributed by atoms with Crippen LogP contribution in [0.4, 0.5) is 0 Å². The van der Waals surface area contributed by atoms with Crippen molar-refractivity contribution in [2.24, 2.45) is 0 Å². The van der Waals surface area contributed by atoms with E-state index in [9.17, 15) is 10.1 Å². The molecule has 0 unspecified atom stereocenters. The number of nitrogens with zero attached hydrogens (tertiary/aromatic N) is 1. The van der Waals surface area contributed by atoms with Gasteiger partial charge in [-0.15, -0.1) is 0 Å². The summed E-state index contributed by atoms with van der Waals surface area (Å²) in [5.74, 6) is 0.768. The number of hydrogen-bond acceptors (Lipinski definition) is 4. The molecule has 0 aliphatic heterocycles. The van der Waals surface area contributed by atoms with E-state index in [2.05, 4.69) is 21.2 Å². The summed E-state index contributed by atoms with van der Waals surface area (Å²) in [4.78, 5) is 12.5. The van der Waals surface area contributed by atoms with Gasteiger partial charge in [-0.3, -0.25) is 4.79 Å². The zero-order valence-corrected chi connectivity index (χ0v) is 18.6. The fourth-order valence-corrected chi connectivity index (χ4v) is 4.09. The molecular weight excluding hydrogens is 444 g/mol. The highest BCUT2D eigenvalue weighted by molar-refractivity contribution is 9.10. The van der Waals surface area contributed by atoms with E-state index in [0.717, 1.165) is 31.2 Å². The molecule has 2 aromatic carbocycles. The average Bonchev–Trinajstić information content (AvgIpc) is 2.77. The summed E-state index contributed by atoms with van der Waals surface area (Å²) in [6, 6.07) is 15.6. The number of amides is 1. The first kappa shape index (κ1) is 21.9. The number of halogens is 1. The number of methoxy groups -OCH3 is 1. The lowest BCUT2D eigenvalue weighted by Gasteiger charge is -2.22. The first-order valence-electron chi connectivity index (χ1n) is 10.1. The Labute approximate surface area is 185 Å². The predicted octanol–water partition coefficient (Wildman–Crippen LogP) is 5.39. The second-order valence-electron chi connectivity index (χ2n) is 7.29. The highest BCUT2D eigenvalue weighted by Gasteiger charge is 2.19. The molecule has 0 saturated heterocycles. The van der Waals surface area contributed by atoms with E-state index in [1.807, 2.05) is 42.5 Å². The number of nitrogens with one attached hydrogen (secondary N) is 1. The molecule has 1 fully saturated rings. The smallest absolute Gasteiger partial charge is 0.262 e. The van der Waals surface area contributed by atoms with E-state index in [0.29, 0.717) is 28.1 Å². The summed E-state index contributed by atoms with van der Waals surface area (Å²) in [5, 5.41) is 12.5. The van der Waals surface area contributed by atoms with Gasteiger partial charge in [0.25, 0.3) is 5.91 Å². The summed E-state index contributed by atoms with van der Waals surface area (Å²) < 4.78 is 12.1. The normalized spacial score (nSPS) is 14.6. The van der Waals surface area contributed by atoms with Crippen LogP contribution in [0.5, 0.6) is 11.5 Å². The summed E-state index contributed by atoms with van der Waals surface area (Å²) in [6.07, 6.45) is 6.96. The Kier molecular flexibility index (Phi) is 7.92. The zero-order chi connectivity index (χ0) is 21.3. The highest BCUT2D eigenvalue weighted by Crippen LogP contribution is 2.37. The van der Waals surface area contributed by atoms with Crippen LogP contribution in [0.2, 0.25) is 0 Å². The minimum Gasteiger partial charge on any atom is -0.493 e. The third-order valence-corrected chi connectivity index (χ3v) is 5.68. The van der Waals surface area contributed by atoms with Gasteiger partial charge in [0.05, 0.1) is 11.6 Å². The molecule has 0 bridgehead atoms. The maximum Gasteiger partial charge on any atom is 0.262 e. The van der Waals surface area contributed by atoms with E-state index in [1.165, 1.54) is 6.42 Å². The van der Waals surface area contributed by atoms with Crippen LogP contribution in [0.1, 0.15) is 43.2 Å². The minimum atomic E-state index is -0.330. The van der Waals surface area contributed by atoms with Gasteiger partial charge < -0.3 is 14.8 Å². The van der Waals surface area contributed by atoms with Crippen molar-refractivity contribution in [3.8, 4) is 17.6 Å². The van der Waals surface area contributed by atoms with Crippen LogP contribution in [-0.2, 0) is 11.4 Å². The zero-order valence-electron chi connectivity index (χ0n) is 17.0. The van der Waals surface area contributed by atoms with Crippen molar-refractivity contribution in [3.63, 3.8) is 0 Å². The summed E-state index contributed by atoms with van der Waals surface area (Å²) >= 11 is 3.52. The number of carbonyl (C=O) groups excluding carboxylic acids is 1. The van der Waals surface area contributed by atoms with Crippen LogP contribution in [0.15, 0.2) is 52.5 Å². The summed E-state index contributed by atoms with van der Waals surface area (Å²) in [5.41, 5.74) is 1.80. The van der Waals surface area contributed by atoms with Crippen LogP contribution >= 0.6 is 15.9 Å². The van der Waals surface area contributed by atoms with E-state index in [4.69, 9.17) is 9.47 Å². The minimum absolute atomic E-state index is 0.0764. The molecule has 0 spiro atoms. The Morgan fingerprint density at radius 2 is 1.97 bits per heavy atom. The molecule has 3 rings (SSSR count). The fourth-order valence-electron chi connectivity index (χ4n) is 3.52. The van der Waals surface area contributed by atoms with Crippen LogP contribution < -0.4 is 14.8 Å². The Bertz CT molecular complexity index is 945. The molecule has 30 heavy (non-hydrogen) atoms. The first-order chi connectivity index (χ1) is 14.6. The van der Waals surface area contributed by atoms with Gasteiger partial charge in [-0.2, -0.15) is 5.26 Å². The number of benzene rings is 2. The average molecular weight is 469 g/mol. The van der Waals surface area contributed by atoms with Gasteiger partial charge in [-0.05, 0) is 58.1 Å². The van der Waals surface area contributed by atoms with E-state index in [-0.39, 0.29) is 17.5 Å². The Morgan fingerprint density at radius 1 is 1.23 bits per heavy atom. The first-order valence-corrected chi connectivity index (χ1v) is 10.9. The molecule has 5 nitrogen and oxygen atoms in total. The number of carbonyl (C=O) groups is 1. The quantitative estimate of drug-likeness (QED) is 0.436. The Hall–Kier alpha value is -2.78. The standard InChI is InChI=1S/C24H25BrN2O3/c1-29-22-14-18(12-19(15-26)24(28)27-20-10-6-3-7-11-20)13-21(25)23(22)30-16-17-8-4-2-5-9-17/h2,4-5,8-9,12-14,20H,3,6-7,10-11,16H2,1H3,(H,27,28)/b19-12-. The van der Waals surface area contributed by atoms with E-state index >= 15 is 0 Å². The number of nitriles is 1. The fraction of sp³-hybridized carbons (Fsp3) is 0.333. The molecule has 1 saturated carbocycles. The van der Waals surface area contributed by atoms with Crippen LogP contribution in [0, 0.1) is 11.3 Å². The van der Waals surface area contributed by atoms with Crippen molar-refractivity contribution >= 4 is 27.9 Å². The van der Waals surface area contributed by atoms with Crippen molar-refractivity contribution in [2.45, 2.75) is 44.8 Å². The SMILES string of the molecule is COc1cc(/C=C(/C#N)C(=O)NC2CCCCC2)cc(Br)c1OCc1ccccc1. The Morgan fingerprint density at radius 3 is 2.63 bits per heavy atom. The van der Waals surface area contributed by atoms with Crippen LogP contribution in [0.3, 0.4) is 0 Å². The monoisotopic (exact) mass is 468 g/mol. The topological polar surface area (TPSA) is 71.3 Å². The summed E-state index contributed by atoms with van der Waals surface area (Å²) in [6.45, 7) is 0.401. The van der Waals surface area contributed by atoms with Crippen molar-refractivity contribution in [3.05, 3.63) is 63.6 Å². The molecule has 156 valence electrons. The maximum atomic E-state index is 12.5. The third kappa shape index (κ3) is 5.87. The largest absolute Gasteiger partial charge is 0.493 e. The second kappa shape index (κ2) is 10.8.